The van der Waals surface area contributed by atoms with E-state index in [9.17, 15) is 15.2 Å². The van der Waals surface area contributed by atoms with Gasteiger partial charge in [0, 0.05) is 50.6 Å². The van der Waals surface area contributed by atoms with Gasteiger partial charge in [0.1, 0.15) is 29.8 Å². The quantitative estimate of drug-likeness (QED) is 0.367. The third-order valence-electron chi connectivity index (χ3n) is 7.53. The molecule has 0 radical (unpaired) electrons. The Bertz CT molecular complexity index is 1560. The van der Waals surface area contributed by atoms with Crippen molar-refractivity contribution in [3.63, 3.8) is 0 Å². The highest BCUT2D eigenvalue weighted by Crippen LogP contribution is 2.32. The van der Waals surface area contributed by atoms with Crippen molar-refractivity contribution in [2.24, 2.45) is 0 Å². The number of fused-ring (bicyclic) bond motifs is 1. The summed E-state index contributed by atoms with van der Waals surface area (Å²) in [5, 5.41) is 24.1. The maximum atomic E-state index is 13.2. The Hall–Kier alpha value is -4.50. The lowest BCUT2D eigenvalue weighted by atomic mass is 10.0. The van der Waals surface area contributed by atoms with E-state index in [1.54, 1.807) is 24.0 Å². The Morgan fingerprint density at radius 1 is 1.12 bits per heavy atom. The average molecular weight is 555 g/mol. The highest BCUT2D eigenvalue weighted by atomic mass is 16.6. The van der Waals surface area contributed by atoms with Gasteiger partial charge in [0.25, 0.3) is 5.91 Å². The van der Waals surface area contributed by atoms with Crippen molar-refractivity contribution in [1.82, 2.24) is 19.5 Å². The summed E-state index contributed by atoms with van der Waals surface area (Å²) < 4.78 is 18.5. The van der Waals surface area contributed by atoms with Crippen LogP contribution in [0.5, 0.6) is 5.75 Å². The first-order valence-electron chi connectivity index (χ1n) is 13.5. The number of ether oxygens (including phenoxy) is 3. The van der Waals surface area contributed by atoms with Crippen LogP contribution >= 0.6 is 0 Å². The lowest BCUT2D eigenvalue weighted by molar-refractivity contribution is -0.142. The topological polar surface area (TPSA) is 125 Å². The van der Waals surface area contributed by atoms with Crippen molar-refractivity contribution in [1.29, 1.82) is 5.26 Å². The first kappa shape index (κ1) is 26.7. The van der Waals surface area contributed by atoms with Crippen LogP contribution in [0.4, 0.5) is 5.82 Å². The molecular formula is C30H30N6O5. The number of aliphatic hydroxyl groups excluding tert-OH is 1. The number of piperazine rings is 1. The second kappa shape index (κ2) is 11.5. The Morgan fingerprint density at radius 3 is 2.59 bits per heavy atom. The van der Waals surface area contributed by atoms with Crippen LogP contribution in [-0.4, -0.2) is 89.2 Å². The summed E-state index contributed by atoms with van der Waals surface area (Å²) in [5.41, 5.74) is 3.46. The van der Waals surface area contributed by atoms with Gasteiger partial charge in [0.2, 0.25) is 0 Å². The molecule has 210 valence electrons. The standard InChI is InChI=1S/C30H30N6O5/c1-39-29(20-5-3-2-4-6-20)30(38)35-11-9-34(10-12-35)27-8-7-21(15-32-27)24-13-23(41-26-19-40-18-25(26)37)17-36-28(24)22(14-31)16-33-36/h2-8,13,15-17,25-26,29,37H,9-12,18-19H2,1H3/t25-,26-,29+/m0/s1. The van der Waals surface area contributed by atoms with E-state index in [1.165, 1.54) is 6.20 Å². The third kappa shape index (κ3) is 5.32. The van der Waals surface area contributed by atoms with Crippen molar-refractivity contribution < 1.29 is 24.1 Å². The second-order valence-electron chi connectivity index (χ2n) is 10.1. The van der Waals surface area contributed by atoms with Gasteiger partial charge in [0.05, 0.1) is 36.7 Å². The molecule has 5 heterocycles. The van der Waals surface area contributed by atoms with Gasteiger partial charge in [-0.15, -0.1) is 0 Å². The number of pyridine rings is 2. The van der Waals surface area contributed by atoms with E-state index < -0.39 is 18.3 Å². The molecule has 2 aliphatic heterocycles. The van der Waals surface area contributed by atoms with Crippen LogP contribution in [0.3, 0.4) is 0 Å². The molecule has 2 aliphatic rings. The molecular weight excluding hydrogens is 524 g/mol. The van der Waals surface area contributed by atoms with Crippen molar-refractivity contribution >= 4 is 17.2 Å². The number of hydrogen-bond acceptors (Lipinski definition) is 9. The largest absolute Gasteiger partial charge is 0.484 e. The third-order valence-corrected chi connectivity index (χ3v) is 7.53. The molecule has 1 amide bonds. The van der Waals surface area contributed by atoms with Crippen LogP contribution in [0.15, 0.2) is 67.1 Å². The monoisotopic (exact) mass is 554 g/mol. The maximum absolute atomic E-state index is 13.2. The summed E-state index contributed by atoms with van der Waals surface area (Å²) >= 11 is 0. The van der Waals surface area contributed by atoms with Gasteiger partial charge in [0.15, 0.2) is 6.10 Å². The molecule has 1 aromatic carbocycles. The van der Waals surface area contributed by atoms with E-state index >= 15 is 0 Å². The Morgan fingerprint density at radius 2 is 1.93 bits per heavy atom. The fourth-order valence-corrected chi connectivity index (χ4v) is 5.34. The predicted molar refractivity (Wildman–Crippen MR) is 149 cm³/mol. The number of hydrogen-bond donors (Lipinski definition) is 1. The van der Waals surface area contributed by atoms with E-state index in [0.717, 1.165) is 22.5 Å². The van der Waals surface area contributed by atoms with Gasteiger partial charge in [-0.3, -0.25) is 4.79 Å². The number of benzene rings is 1. The number of nitriles is 1. The molecule has 0 saturated carbocycles. The molecule has 4 aromatic rings. The number of rotatable bonds is 7. The zero-order valence-corrected chi connectivity index (χ0v) is 22.6. The van der Waals surface area contributed by atoms with E-state index in [0.29, 0.717) is 49.6 Å². The molecule has 0 unspecified atom stereocenters. The molecule has 6 rings (SSSR count). The highest BCUT2D eigenvalue weighted by molar-refractivity contribution is 5.85. The van der Waals surface area contributed by atoms with E-state index in [-0.39, 0.29) is 12.5 Å². The van der Waals surface area contributed by atoms with Crippen molar-refractivity contribution in [2.45, 2.75) is 18.3 Å². The van der Waals surface area contributed by atoms with Gasteiger partial charge in [-0.05, 0) is 23.8 Å². The van der Waals surface area contributed by atoms with Crippen LogP contribution in [0.1, 0.15) is 17.2 Å². The molecule has 0 aliphatic carbocycles. The zero-order valence-electron chi connectivity index (χ0n) is 22.6. The second-order valence-corrected chi connectivity index (χ2v) is 10.1. The first-order chi connectivity index (χ1) is 20.1. The van der Waals surface area contributed by atoms with Crippen LogP contribution in [0.2, 0.25) is 0 Å². The number of carbonyl (C=O) groups excluding carboxylic acids is 1. The van der Waals surface area contributed by atoms with Gasteiger partial charge in [-0.25, -0.2) is 9.50 Å². The number of aromatic nitrogens is 3. The van der Waals surface area contributed by atoms with Gasteiger partial charge < -0.3 is 29.1 Å². The average Bonchev–Trinajstić information content (AvgIpc) is 3.63. The summed E-state index contributed by atoms with van der Waals surface area (Å²) in [6.07, 6.45) is 3.16. The SMILES string of the molecule is CO[C@@H](C(=O)N1CCN(c2ccc(-c3cc(O[C@H]4COC[C@@H]4O)cn4ncc(C#N)c34)cn2)CC1)c1ccccc1. The number of nitrogens with zero attached hydrogens (tertiary/aromatic N) is 6. The van der Waals surface area contributed by atoms with Crippen LogP contribution in [0, 0.1) is 11.3 Å². The lowest BCUT2D eigenvalue weighted by Gasteiger charge is -2.36. The van der Waals surface area contributed by atoms with Crippen LogP contribution in [-0.2, 0) is 14.3 Å². The zero-order chi connectivity index (χ0) is 28.3. The van der Waals surface area contributed by atoms with Crippen molar-refractivity contribution in [3.05, 3.63) is 78.2 Å². The minimum Gasteiger partial charge on any atom is -0.484 e. The highest BCUT2D eigenvalue weighted by Gasteiger charge is 2.30. The maximum Gasteiger partial charge on any atom is 0.256 e. The van der Waals surface area contributed by atoms with E-state index in [1.807, 2.05) is 53.4 Å². The Labute approximate surface area is 237 Å². The fourth-order valence-electron chi connectivity index (χ4n) is 5.34. The molecule has 3 aromatic heterocycles. The van der Waals surface area contributed by atoms with Crippen molar-refractivity contribution in [3.8, 4) is 22.9 Å². The van der Waals surface area contributed by atoms with Gasteiger partial charge >= 0.3 is 0 Å². The minimum atomic E-state index is -0.711. The van der Waals surface area contributed by atoms with Crippen LogP contribution in [0.25, 0.3) is 16.6 Å². The molecule has 41 heavy (non-hydrogen) atoms. The molecule has 0 spiro atoms. The van der Waals surface area contributed by atoms with Gasteiger partial charge in [-0.1, -0.05) is 30.3 Å². The lowest BCUT2D eigenvalue weighted by Crippen LogP contribution is -2.50. The van der Waals surface area contributed by atoms with E-state index in [4.69, 9.17) is 19.2 Å². The summed E-state index contributed by atoms with van der Waals surface area (Å²) in [6, 6.07) is 17.5. The molecule has 2 fully saturated rings. The first-order valence-corrected chi connectivity index (χ1v) is 13.5. The fraction of sp³-hybridized carbons (Fsp3) is 0.333. The molecule has 1 N–H and O–H groups in total. The molecule has 0 bridgehead atoms. The smallest absolute Gasteiger partial charge is 0.256 e. The van der Waals surface area contributed by atoms with Crippen molar-refractivity contribution in [2.75, 3.05) is 51.4 Å². The number of anilines is 1. The molecule has 11 heteroatoms. The predicted octanol–water partition coefficient (Wildman–Crippen LogP) is 2.44. The Kier molecular flexibility index (Phi) is 7.52. The van der Waals surface area contributed by atoms with Gasteiger partial charge in [-0.2, -0.15) is 10.4 Å². The summed E-state index contributed by atoms with van der Waals surface area (Å²) in [6.45, 7) is 2.94. The summed E-state index contributed by atoms with van der Waals surface area (Å²) in [4.78, 5) is 21.9. The van der Waals surface area contributed by atoms with Crippen LogP contribution < -0.4 is 9.64 Å². The minimum absolute atomic E-state index is 0.0430. The summed E-state index contributed by atoms with van der Waals surface area (Å²) in [7, 11) is 1.56. The van der Waals surface area contributed by atoms with E-state index in [2.05, 4.69) is 16.1 Å². The molecule has 11 nitrogen and oxygen atoms in total. The summed E-state index contributed by atoms with van der Waals surface area (Å²) in [5.74, 6) is 1.26. The number of aliphatic hydroxyl groups is 1. The Balaban J connectivity index is 1.18. The molecule has 3 atom stereocenters. The number of methoxy groups -OCH3 is 1. The molecule has 2 saturated heterocycles. The number of carbonyl (C=O) groups is 1. The normalized spacial score (nSPS) is 19.7. The number of amides is 1.